The van der Waals surface area contributed by atoms with Gasteiger partial charge in [0, 0.05) is 12.8 Å². The molecular formula is C40H76O4. The van der Waals surface area contributed by atoms with Gasteiger partial charge in [0.05, 0.1) is 0 Å². The summed E-state index contributed by atoms with van der Waals surface area (Å²) < 4.78 is 5.98. The van der Waals surface area contributed by atoms with Crippen molar-refractivity contribution in [3.8, 4) is 0 Å². The first-order chi connectivity index (χ1) is 21.6. The standard InChI is InChI=1S/C40H76O4/c1-3-5-7-9-11-13-15-16-17-18-20-22-24-29-33-37-40(43)44-38(35-31-27-25-28-32-36-39(41)42)34-30-26-23-21-19-14-12-10-8-6-4-2/h21,23,38H,3-20,22,24-37H2,1-2H3,(H,41,42)/b23-21-. The fraction of sp³-hybridized carbons (Fsp3) is 0.900. The second-order valence-corrected chi connectivity index (χ2v) is 13.5. The van der Waals surface area contributed by atoms with Crippen LogP contribution in [0.25, 0.3) is 0 Å². The summed E-state index contributed by atoms with van der Waals surface area (Å²) in [6.07, 6.45) is 43.7. The van der Waals surface area contributed by atoms with Gasteiger partial charge in [-0.1, -0.05) is 167 Å². The van der Waals surface area contributed by atoms with Crippen LogP contribution in [0, 0.1) is 0 Å². The Labute approximate surface area is 275 Å². The number of carbonyl (C=O) groups is 2. The monoisotopic (exact) mass is 621 g/mol. The third-order valence-corrected chi connectivity index (χ3v) is 8.99. The summed E-state index contributed by atoms with van der Waals surface area (Å²) in [4.78, 5) is 23.3. The Morgan fingerprint density at radius 2 is 0.841 bits per heavy atom. The molecule has 0 radical (unpaired) electrons. The van der Waals surface area contributed by atoms with Gasteiger partial charge in [0.15, 0.2) is 0 Å². The molecule has 4 heteroatoms. The smallest absolute Gasteiger partial charge is 0.306 e. The molecule has 0 aromatic rings. The Morgan fingerprint density at radius 1 is 0.477 bits per heavy atom. The van der Waals surface area contributed by atoms with Crippen molar-refractivity contribution < 1.29 is 19.4 Å². The number of allylic oxidation sites excluding steroid dienone is 2. The molecular weight excluding hydrogens is 544 g/mol. The molecule has 0 aromatic heterocycles. The first kappa shape index (κ1) is 42.7. The Kier molecular flexibility index (Phi) is 35.1. The van der Waals surface area contributed by atoms with Crippen LogP contribution in [-0.4, -0.2) is 23.1 Å². The van der Waals surface area contributed by atoms with Crippen molar-refractivity contribution in [2.75, 3.05) is 0 Å². The van der Waals surface area contributed by atoms with Gasteiger partial charge < -0.3 is 9.84 Å². The molecule has 0 rings (SSSR count). The lowest BCUT2D eigenvalue weighted by atomic mass is 10.0. The van der Waals surface area contributed by atoms with Crippen LogP contribution in [0.3, 0.4) is 0 Å². The highest BCUT2D eigenvalue weighted by Crippen LogP contribution is 2.18. The summed E-state index contributed by atoms with van der Waals surface area (Å²) >= 11 is 0. The molecule has 260 valence electrons. The van der Waals surface area contributed by atoms with Gasteiger partial charge in [-0.2, -0.15) is 0 Å². The second-order valence-electron chi connectivity index (χ2n) is 13.5. The van der Waals surface area contributed by atoms with Gasteiger partial charge in [-0.15, -0.1) is 0 Å². The van der Waals surface area contributed by atoms with E-state index < -0.39 is 5.97 Å². The number of rotatable bonds is 36. The van der Waals surface area contributed by atoms with Crippen LogP contribution >= 0.6 is 0 Å². The molecule has 1 atom stereocenters. The molecule has 0 spiro atoms. The molecule has 1 unspecified atom stereocenters. The van der Waals surface area contributed by atoms with E-state index >= 15 is 0 Å². The number of esters is 1. The number of hydrogen-bond donors (Lipinski definition) is 1. The SMILES string of the molecule is CCCCCCCC/C=C\CCCC(CCCCCCCC(=O)O)OC(=O)CCCCCCCCCCCCCCCCC. The maximum absolute atomic E-state index is 12.6. The van der Waals surface area contributed by atoms with E-state index in [1.165, 1.54) is 128 Å². The van der Waals surface area contributed by atoms with Crippen LogP contribution in [0.5, 0.6) is 0 Å². The van der Waals surface area contributed by atoms with Crippen molar-refractivity contribution in [3.05, 3.63) is 12.2 Å². The molecule has 4 nitrogen and oxygen atoms in total. The summed E-state index contributed by atoms with van der Waals surface area (Å²) in [5.74, 6) is -0.711. The van der Waals surface area contributed by atoms with E-state index in [0.29, 0.717) is 6.42 Å². The van der Waals surface area contributed by atoms with Gasteiger partial charge in [0.2, 0.25) is 0 Å². The van der Waals surface area contributed by atoms with Crippen molar-refractivity contribution in [1.29, 1.82) is 0 Å². The number of carboxylic acid groups (broad SMARTS) is 1. The number of carboxylic acids is 1. The molecule has 0 amide bonds. The minimum Gasteiger partial charge on any atom is -0.481 e. The van der Waals surface area contributed by atoms with Crippen LogP contribution in [0.2, 0.25) is 0 Å². The van der Waals surface area contributed by atoms with Crippen LogP contribution in [0.15, 0.2) is 12.2 Å². The molecule has 0 heterocycles. The van der Waals surface area contributed by atoms with E-state index in [4.69, 9.17) is 9.84 Å². The molecule has 0 aromatic carbocycles. The molecule has 0 saturated carbocycles. The predicted molar refractivity (Wildman–Crippen MR) is 190 cm³/mol. The summed E-state index contributed by atoms with van der Waals surface area (Å²) in [6, 6.07) is 0. The van der Waals surface area contributed by atoms with Crippen LogP contribution < -0.4 is 0 Å². The van der Waals surface area contributed by atoms with Crippen molar-refractivity contribution in [2.45, 2.75) is 232 Å². The lowest BCUT2D eigenvalue weighted by Crippen LogP contribution is -2.18. The zero-order valence-corrected chi connectivity index (χ0v) is 29.7. The average Bonchev–Trinajstić information content (AvgIpc) is 3.00. The third kappa shape index (κ3) is 35.2. The van der Waals surface area contributed by atoms with E-state index in [-0.39, 0.29) is 18.5 Å². The van der Waals surface area contributed by atoms with E-state index in [9.17, 15) is 9.59 Å². The summed E-state index contributed by atoms with van der Waals surface area (Å²) in [7, 11) is 0. The fourth-order valence-corrected chi connectivity index (χ4v) is 6.07. The van der Waals surface area contributed by atoms with E-state index in [2.05, 4.69) is 26.0 Å². The normalized spacial score (nSPS) is 12.2. The summed E-state index contributed by atoms with van der Waals surface area (Å²) in [5, 5.41) is 8.81. The second kappa shape index (κ2) is 36.2. The maximum atomic E-state index is 12.6. The molecule has 0 aliphatic heterocycles. The molecule has 44 heavy (non-hydrogen) atoms. The van der Waals surface area contributed by atoms with Crippen molar-refractivity contribution in [1.82, 2.24) is 0 Å². The van der Waals surface area contributed by atoms with Gasteiger partial charge in [-0.3, -0.25) is 9.59 Å². The third-order valence-electron chi connectivity index (χ3n) is 8.99. The number of ether oxygens (including phenoxy) is 1. The molecule has 1 N–H and O–H groups in total. The number of aliphatic carboxylic acids is 1. The van der Waals surface area contributed by atoms with Crippen LogP contribution in [0.4, 0.5) is 0 Å². The van der Waals surface area contributed by atoms with E-state index in [1.807, 2.05) is 0 Å². The van der Waals surface area contributed by atoms with Gasteiger partial charge in [-0.05, 0) is 57.8 Å². The van der Waals surface area contributed by atoms with Gasteiger partial charge in [0.1, 0.15) is 6.10 Å². The Hall–Kier alpha value is -1.32. The van der Waals surface area contributed by atoms with Crippen molar-refractivity contribution in [2.24, 2.45) is 0 Å². The lowest BCUT2D eigenvalue weighted by Gasteiger charge is -2.18. The first-order valence-corrected chi connectivity index (χ1v) is 19.7. The summed E-state index contributed by atoms with van der Waals surface area (Å²) in [6.45, 7) is 4.55. The Morgan fingerprint density at radius 3 is 1.32 bits per heavy atom. The quantitative estimate of drug-likeness (QED) is 0.0430. The first-order valence-electron chi connectivity index (χ1n) is 19.7. The molecule has 0 aliphatic carbocycles. The Balaban J connectivity index is 4.02. The lowest BCUT2D eigenvalue weighted by molar-refractivity contribution is -0.150. The minimum absolute atomic E-state index is 0.00947. The minimum atomic E-state index is -0.702. The highest BCUT2D eigenvalue weighted by molar-refractivity contribution is 5.69. The maximum Gasteiger partial charge on any atom is 0.306 e. The largest absolute Gasteiger partial charge is 0.481 e. The molecule has 0 aliphatic rings. The average molecular weight is 621 g/mol. The van der Waals surface area contributed by atoms with Gasteiger partial charge >= 0.3 is 11.9 Å². The molecule has 0 saturated heterocycles. The Bertz CT molecular complexity index is 629. The number of carbonyl (C=O) groups excluding carboxylic acids is 1. The van der Waals surface area contributed by atoms with Crippen LogP contribution in [0.1, 0.15) is 226 Å². The van der Waals surface area contributed by atoms with E-state index in [1.54, 1.807) is 0 Å². The fourth-order valence-electron chi connectivity index (χ4n) is 6.07. The van der Waals surface area contributed by atoms with Crippen LogP contribution in [-0.2, 0) is 14.3 Å². The predicted octanol–water partition coefficient (Wildman–Crippen LogP) is 13.5. The highest BCUT2D eigenvalue weighted by Gasteiger charge is 2.14. The zero-order valence-electron chi connectivity index (χ0n) is 29.7. The van der Waals surface area contributed by atoms with Crippen molar-refractivity contribution in [3.63, 3.8) is 0 Å². The molecule has 0 bridgehead atoms. The number of unbranched alkanes of at least 4 members (excludes halogenated alkanes) is 25. The number of hydrogen-bond acceptors (Lipinski definition) is 3. The topological polar surface area (TPSA) is 63.6 Å². The zero-order chi connectivity index (χ0) is 32.2. The van der Waals surface area contributed by atoms with Gasteiger partial charge in [0.25, 0.3) is 0 Å². The van der Waals surface area contributed by atoms with Gasteiger partial charge in [-0.25, -0.2) is 0 Å². The van der Waals surface area contributed by atoms with E-state index in [0.717, 1.165) is 70.6 Å². The molecule has 0 fully saturated rings. The van der Waals surface area contributed by atoms with Crippen molar-refractivity contribution >= 4 is 11.9 Å². The summed E-state index contributed by atoms with van der Waals surface area (Å²) in [5.41, 5.74) is 0. The highest BCUT2D eigenvalue weighted by atomic mass is 16.5.